The highest BCUT2D eigenvalue weighted by molar-refractivity contribution is 6.30. The van der Waals surface area contributed by atoms with Crippen LogP contribution in [0.15, 0.2) is 84.9 Å². The van der Waals surface area contributed by atoms with E-state index in [4.69, 9.17) is 11.6 Å². The average molecular weight is 512 g/mol. The highest BCUT2D eigenvalue weighted by Gasteiger charge is 2.45. The van der Waals surface area contributed by atoms with Crippen LogP contribution in [0, 0.1) is 0 Å². The standard InChI is InChI=1S/C31H30ClN3O2/c1-31(27-8-4-2-6-25(27)26-7-3-5-9-28(26)31)30(37)33-18-29(36)34-22-16-23-14-15-24(17-22)35(23)19-20-10-12-21(32)13-11-20/h2-15,22-24H,16-19H2,1H3,(H,33,37)(H,34,36)/t22?,23-,24+. The van der Waals surface area contributed by atoms with Gasteiger partial charge in [0.1, 0.15) is 0 Å². The van der Waals surface area contributed by atoms with E-state index in [1.54, 1.807) is 0 Å². The molecule has 0 aromatic heterocycles. The first-order chi connectivity index (χ1) is 17.9. The van der Waals surface area contributed by atoms with Crippen molar-refractivity contribution in [3.8, 4) is 11.1 Å². The monoisotopic (exact) mass is 511 g/mol. The quantitative estimate of drug-likeness (QED) is 0.466. The molecule has 2 N–H and O–H groups in total. The lowest BCUT2D eigenvalue weighted by Gasteiger charge is -2.39. The summed E-state index contributed by atoms with van der Waals surface area (Å²) in [7, 11) is 0. The molecule has 1 saturated heterocycles. The first kappa shape index (κ1) is 24.0. The molecule has 3 atom stereocenters. The lowest BCUT2D eigenvalue weighted by molar-refractivity contribution is -0.128. The van der Waals surface area contributed by atoms with Gasteiger partial charge in [-0.25, -0.2) is 0 Å². The normalized spacial score (nSPS) is 22.8. The Morgan fingerprint density at radius 1 is 0.892 bits per heavy atom. The Bertz CT molecular complexity index is 1320. The highest BCUT2D eigenvalue weighted by atomic mass is 35.5. The van der Waals surface area contributed by atoms with Crippen LogP contribution in [-0.2, 0) is 21.5 Å². The van der Waals surface area contributed by atoms with Gasteiger partial charge in [-0.2, -0.15) is 0 Å². The topological polar surface area (TPSA) is 61.4 Å². The van der Waals surface area contributed by atoms with Crippen molar-refractivity contribution in [1.82, 2.24) is 15.5 Å². The van der Waals surface area contributed by atoms with E-state index in [1.165, 1.54) is 5.56 Å². The fourth-order valence-corrected chi connectivity index (χ4v) is 6.42. The summed E-state index contributed by atoms with van der Waals surface area (Å²) in [6.07, 6.45) is 6.23. The number of benzene rings is 3. The van der Waals surface area contributed by atoms with Crippen molar-refractivity contribution in [3.05, 3.63) is 107 Å². The Kier molecular flexibility index (Phi) is 6.13. The number of carbonyl (C=O) groups excluding carboxylic acids is 2. The van der Waals surface area contributed by atoms with Crippen molar-refractivity contribution in [1.29, 1.82) is 0 Å². The van der Waals surface area contributed by atoms with Crippen molar-refractivity contribution in [2.45, 2.75) is 49.9 Å². The summed E-state index contributed by atoms with van der Waals surface area (Å²) in [5.41, 5.74) is 4.51. The van der Waals surface area contributed by atoms with Crippen molar-refractivity contribution in [2.75, 3.05) is 6.54 Å². The van der Waals surface area contributed by atoms with Crippen molar-refractivity contribution in [3.63, 3.8) is 0 Å². The van der Waals surface area contributed by atoms with E-state index in [2.05, 4.69) is 52.0 Å². The molecule has 2 aliphatic heterocycles. The average Bonchev–Trinajstić information content (AvgIpc) is 3.30. The fraction of sp³-hybridized carbons (Fsp3) is 0.290. The second-order valence-corrected chi connectivity index (χ2v) is 10.9. The van der Waals surface area contributed by atoms with Gasteiger partial charge in [-0.05, 0) is 59.7 Å². The number of carbonyl (C=O) groups is 2. The Morgan fingerprint density at radius 3 is 2.05 bits per heavy atom. The molecule has 6 heteroatoms. The van der Waals surface area contributed by atoms with Crippen LogP contribution in [0.4, 0.5) is 0 Å². The van der Waals surface area contributed by atoms with Crippen molar-refractivity contribution in [2.24, 2.45) is 0 Å². The van der Waals surface area contributed by atoms with E-state index < -0.39 is 5.41 Å². The number of halogens is 1. The number of amides is 2. The fourth-order valence-electron chi connectivity index (χ4n) is 6.30. The predicted octanol–water partition coefficient (Wildman–Crippen LogP) is 4.83. The van der Waals surface area contributed by atoms with Crippen LogP contribution in [0.2, 0.25) is 5.02 Å². The third kappa shape index (κ3) is 4.26. The number of fused-ring (bicyclic) bond motifs is 5. The second kappa shape index (κ2) is 9.47. The third-order valence-electron chi connectivity index (χ3n) is 8.19. The molecule has 5 nitrogen and oxygen atoms in total. The Morgan fingerprint density at radius 2 is 1.46 bits per heavy atom. The second-order valence-electron chi connectivity index (χ2n) is 10.5. The smallest absolute Gasteiger partial charge is 0.239 e. The number of nitrogens with zero attached hydrogens (tertiary/aromatic N) is 1. The number of hydrogen-bond acceptors (Lipinski definition) is 3. The minimum atomic E-state index is -0.830. The minimum absolute atomic E-state index is 0.0352. The molecule has 0 radical (unpaired) electrons. The Balaban J connectivity index is 1.07. The van der Waals surface area contributed by atoms with E-state index in [0.29, 0.717) is 12.1 Å². The first-order valence-corrected chi connectivity index (χ1v) is 13.3. The lowest BCUT2D eigenvalue weighted by Crippen LogP contribution is -2.52. The largest absolute Gasteiger partial charge is 0.352 e. The van der Waals surface area contributed by atoms with Crippen LogP contribution in [0.1, 0.15) is 36.5 Å². The number of hydrogen-bond donors (Lipinski definition) is 2. The maximum atomic E-state index is 13.5. The summed E-state index contributed by atoms with van der Waals surface area (Å²) in [6, 6.07) is 24.7. The van der Waals surface area contributed by atoms with Crippen LogP contribution in [-0.4, -0.2) is 41.4 Å². The number of rotatable bonds is 6. The van der Waals surface area contributed by atoms with Crippen LogP contribution in [0.3, 0.4) is 0 Å². The predicted molar refractivity (Wildman–Crippen MR) is 146 cm³/mol. The molecule has 3 aliphatic rings. The molecule has 188 valence electrons. The Labute approximate surface area is 222 Å². The van der Waals surface area contributed by atoms with E-state index in [0.717, 1.165) is 46.7 Å². The van der Waals surface area contributed by atoms with E-state index in [1.807, 2.05) is 55.5 Å². The molecule has 6 rings (SSSR count). The van der Waals surface area contributed by atoms with Gasteiger partial charge in [0.05, 0.1) is 12.0 Å². The zero-order valence-corrected chi connectivity index (χ0v) is 21.5. The Hall–Kier alpha value is -3.41. The van der Waals surface area contributed by atoms with Crippen LogP contribution in [0.5, 0.6) is 0 Å². The van der Waals surface area contributed by atoms with Gasteiger partial charge in [0.25, 0.3) is 0 Å². The van der Waals surface area contributed by atoms with Gasteiger partial charge in [0.15, 0.2) is 0 Å². The summed E-state index contributed by atoms with van der Waals surface area (Å²) in [4.78, 5) is 28.9. The maximum absolute atomic E-state index is 13.5. The van der Waals surface area contributed by atoms with Gasteiger partial charge in [0.2, 0.25) is 11.8 Å². The van der Waals surface area contributed by atoms with Gasteiger partial charge < -0.3 is 10.6 Å². The van der Waals surface area contributed by atoms with Gasteiger partial charge in [-0.1, -0.05) is 84.4 Å². The van der Waals surface area contributed by atoms with Gasteiger partial charge >= 0.3 is 0 Å². The molecule has 3 aromatic rings. The van der Waals surface area contributed by atoms with Crippen LogP contribution in [0.25, 0.3) is 11.1 Å². The van der Waals surface area contributed by atoms with Gasteiger partial charge in [-0.15, -0.1) is 0 Å². The molecule has 3 aromatic carbocycles. The SMILES string of the molecule is CC1(C(=O)NCC(=O)NC2C[C@H]3C=C[C@@H](C2)N3Cc2ccc(Cl)cc2)c2ccccc2-c2ccccc21. The minimum Gasteiger partial charge on any atom is -0.352 e. The van der Waals surface area contributed by atoms with E-state index in [-0.39, 0.29) is 24.4 Å². The molecular weight excluding hydrogens is 482 g/mol. The van der Waals surface area contributed by atoms with Crippen LogP contribution >= 0.6 is 11.6 Å². The molecule has 0 spiro atoms. The summed E-state index contributed by atoms with van der Waals surface area (Å²) in [5, 5.41) is 6.85. The zero-order valence-electron chi connectivity index (χ0n) is 20.8. The summed E-state index contributed by atoms with van der Waals surface area (Å²) in [5.74, 6) is -0.299. The molecule has 2 amide bonds. The van der Waals surface area contributed by atoms with Crippen molar-refractivity contribution < 1.29 is 9.59 Å². The highest BCUT2D eigenvalue weighted by Crippen LogP contribution is 2.48. The van der Waals surface area contributed by atoms with E-state index in [9.17, 15) is 9.59 Å². The van der Waals surface area contributed by atoms with Gasteiger partial charge in [0, 0.05) is 29.7 Å². The molecule has 0 saturated carbocycles. The number of nitrogens with one attached hydrogen (secondary N) is 2. The molecule has 2 heterocycles. The number of piperidine rings is 1. The maximum Gasteiger partial charge on any atom is 0.239 e. The first-order valence-electron chi connectivity index (χ1n) is 12.9. The molecular formula is C31H30ClN3O2. The summed E-state index contributed by atoms with van der Waals surface area (Å²) >= 11 is 6.03. The zero-order chi connectivity index (χ0) is 25.6. The molecule has 37 heavy (non-hydrogen) atoms. The van der Waals surface area contributed by atoms with Crippen LogP contribution < -0.4 is 10.6 Å². The van der Waals surface area contributed by atoms with Crippen molar-refractivity contribution >= 4 is 23.4 Å². The molecule has 1 aliphatic carbocycles. The molecule has 1 fully saturated rings. The third-order valence-corrected chi connectivity index (χ3v) is 8.44. The molecule has 2 bridgehead atoms. The van der Waals surface area contributed by atoms with Gasteiger partial charge in [-0.3, -0.25) is 14.5 Å². The lowest BCUT2D eigenvalue weighted by atomic mass is 9.79. The summed E-state index contributed by atoms with van der Waals surface area (Å²) < 4.78 is 0. The van der Waals surface area contributed by atoms with E-state index >= 15 is 0 Å². The molecule has 1 unspecified atom stereocenters. The summed E-state index contributed by atoms with van der Waals surface area (Å²) in [6.45, 7) is 2.77.